The lowest BCUT2D eigenvalue weighted by molar-refractivity contribution is -0.137. The van der Waals surface area contributed by atoms with Gasteiger partial charge in [-0.1, -0.05) is 55.0 Å². The minimum atomic E-state index is -4.91. The zero-order chi connectivity index (χ0) is 42.7. The molecule has 0 unspecified atom stereocenters. The summed E-state index contributed by atoms with van der Waals surface area (Å²) in [5.74, 6) is -0.872. The first kappa shape index (κ1) is 43.3. The second-order valence-corrected chi connectivity index (χ2v) is 17.2. The molecule has 4 aromatic carbocycles. The Bertz CT molecular complexity index is 2420. The van der Waals surface area contributed by atoms with Gasteiger partial charge >= 0.3 is 7.82 Å². The maximum atomic E-state index is 14.0. The summed E-state index contributed by atoms with van der Waals surface area (Å²) >= 11 is 12.9. The summed E-state index contributed by atoms with van der Waals surface area (Å²) in [5.41, 5.74) is 3.89. The third kappa shape index (κ3) is 9.11. The number of halogens is 2. The van der Waals surface area contributed by atoms with Gasteiger partial charge in [0.1, 0.15) is 5.75 Å². The van der Waals surface area contributed by atoms with Crippen LogP contribution in [0.4, 0.5) is 11.4 Å². The molecule has 3 aliphatic rings. The predicted octanol–water partition coefficient (Wildman–Crippen LogP) is 7.17. The number of carbonyl (C=O) groups is 5. The SMILES string of the molecule is CN(C[CH]c1cc2c(c3ccccc13)[C@H](CCl)CN2C(=O)CCCC(=O)N1C[C@@H](CCl)c2c1cc(OP(=O)(O)O)c1ccccc21)C(=O)CCCCCN1C(=O)C=CC1=O. The second-order valence-electron chi connectivity index (χ2n) is 15.4. The van der Waals surface area contributed by atoms with Crippen molar-refractivity contribution in [2.45, 2.75) is 56.8 Å². The number of fused-ring (bicyclic) bond motifs is 6. The zero-order valence-corrected chi connectivity index (χ0v) is 35.5. The number of hydrogen-bond acceptors (Lipinski definition) is 7. The first-order valence-electron chi connectivity index (χ1n) is 20.0. The minimum absolute atomic E-state index is 0.0286. The fraction of sp³-hybridized carbons (Fsp3) is 0.364. The molecule has 0 spiro atoms. The van der Waals surface area contributed by atoms with E-state index in [4.69, 9.17) is 27.7 Å². The highest BCUT2D eigenvalue weighted by Gasteiger charge is 2.37. The third-order valence-electron chi connectivity index (χ3n) is 11.5. The second kappa shape index (κ2) is 18.5. The molecule has 2 atom stereocenters. The van der Waals surface area contributed by atoms with Gasteiger partial charge in [0, 0.05) is 112 Å². The summed E-state index contributed by atoms with van der Waals surface area (Å²) in [4.78, 5) is 89.8. The van der Waals surface area contributed by atoms with Gasteiger partial charge in [0.25, 0.3) is 11.8 Å². The summed E-state index contributed by atoms with van der Waals surface area (Å²) in [6.45, 7) is 1.34. The number of benzene rings is 4. The highest BCUT2D eigenvalue weighted by molar-refractivity contribution is 7.46. The van der Waals surface area contributed by atoms with Crippen molar-refractivity contribution < 1.29 is 42.8 Å². The molecule has 60 heavy (non-hydrogen) atoms. The normalized spacial score (nSPS) is 17.2. The van der Waals surface area contributed by atoms with E-state index in [1.54, 1.807) is 39.9 Å². The Kier molecular flexibility index (Phi) is 13.3. The molecule has 0 aliphatic carbocycles. The largest absolute Gasteiger partial charge is 0.524 e. The third-order valence-corrected chi connectivity index (χ3v) is 12.7. The molecule has 0 saturated carbocycles. The molecule has 0 saturated heterocycles. The first-order chi connectivity index (χ1) is 28.8. The summed E-state index contributed by atoms with van der Waals surface area (Å²) in [7, 11) is -3.16. The number of unbranched alkanes of at least 4 members (excludes halogenated alkanes) is 2. The Hall–Kier alpha value is -4.78. The lowest BCUT2D eigenvalue weighted by Crippen LogP contribution is -2.32. The zero-order valence-electron chi connectivity index (χ0n) is 33.1. The molecule has 0 aromatic heterocycles. The van der Waals surface area contributed by atoms with Crippen molar-refractivity contribution in [3.63, 3.8) is 0 Å². The van der Waals surface area contributed by atoms with Crippen LogP contribution < -0.4 is 14.3 Å². The van der Waals surface area contributed by atoms with Gasteiger partial charge in [-0.2, -0.15) is 0 Å². The van der Waals surface area contributed by atoms with Gasteiger partial charge in [-0.3, -0.25) is 38.7 Å². The number of anilines is 2. The lowest BCUT2D eigenvalue weighted by Gasteiger charge is -2.22. The number of rotatable bonds is 17. The predicted molar refractivity (Wildman–Crippen MR) is 231 cm³/mol. The molecule has 0 fully saturated rings. The molecule has 7 rings (SSSR count). The van der Waals surface area contributed by atoms with E-state index in [9.17, 15) is 38.3 Å². The average molecular weight is 877 g/mol. The maximum Gasteiger partial charge on any atom is 0.524 e. The van der Waals surface area contributed by atoms with Gasteiger partial charge in [-0.15, -0.1) is 23.2 Å². The molecule has 1 radical (unpaired) electrons. The topological polar surface area (TPSA) is 165 Å². The van der Waals surface area contributed by atoms with Crippen LogP contribution in [0.1, 0.15) is 73.5 Å². The van der Waals surface area contributed by atoms with E-state index in [1.807, 2.05) is 42.8 Å². The number of likely N-dealkylation sites (N-methyl/N-ethyl adjacent to an activating group) is 1. The van der Waals surface area contributed by atoms with Gasteiger partial charge in [0.2, 0.25) is 17.7 Å². The number of hydrogen-bond donors (Lipinski definition) is 2. The Morgan fingerprint density at radius 3 is 1.87 bits per heavy atom. The number of imide groups is 1. The Morgan fingerprint density at radius 2 is 1.30 bits per heavy atom. The Morgan fingerprint density at radius 1 is 0.767 bits per heavy atom. The van der Waals surface area contributed by atoms with E-state index < -0.39 is 7.82 Å². The van der Waals surface area contributed by atoms with Crippen molar-refractivity contribution >= 4 is 93.5 Å². The molecule has 315 valence electrons. The van der Waals surface area contributed by atoms with E-state index in [1.165, 1.54) is 23.1 Å². The highest BCUT2D eigenvalue weighted by atomic mass is 35.5. The maximum absolute atomic E-state index is 14.0. The molecule has 3 aliphatic heterocycles. The molecule has 3 heterocycles. The van der Waals surface area contributed by atoms with Crippen LogP contribution in [-0.4, -0.2) is 94.1 Å². The van der Waals surface area contributed by atoms with Gasteiger partial charge < -0.3 is 19.2 Å². The van der Waals surface area contributed by atoms with Crippen molar-refractivity contribution in [2.75, 3.05) is 54.8 Å². The molecule has 2 N–H and O–H groups in total. The van der Waals surface area contributed by atoms with Crippen molar-refractivity contribution in [1.82, 2.24) is 9.80 Å². The van der Waals surface area contributed by atoms with Crippen LogP contribution in [0.15, 0.2) is 72.8 Å². The van der Waals surface area contributed by atoms with Crippen molar-refractivity contribution in [3.8, 4) is 5.75 Å². The van der Waals surface area contributed by atoms with Gasteiger partial charge in [-0.25, -0.2) is 4.57 Å². The van der Waals surface area contributed by atoms with Gasteiger partial charge in [-0.05, 0) is 58.2 Å². The van der Waals surface area contributed by atoms with E-state index >= 15 is 0 Å². The fourth-order valence-electron chi connectivity index (χ4n) is 8.55. The smallest absolute Gasteiger partial charge is 0.404 e. The molecule has 0 bridgehead atoms. The van der Waals surface area contributed by atoms with E-state index in [-0.39, 0.29) is 78.8 Å². The highest BCUT2D eigenvalue weighted by Crippen LogP contribution is 2.49. The van der Waals surface area contributed by atoms with Crippen LogP contribution in [0, 0.1) is 6.42 Å². The van der Waals surface area contributed by atoms with Crippen LogP contribution in [0.5, 0.6) is 5.75 Å². The number of phosphoric ester groups is 1. The Balaban J connectivity index is 1.00. The minimum Gasteiger partial charge on any atom is -0.404 e. The molecule has 5 amide bonds. The molecular weight excluding hydrogens is 830 g/mol. The standard InChI is InChI=1S/C44H46Cl2N4O9P/c1-47(38(51)14-3-2-8-20-48-41(54)17-18-42(48)55)21-19-28-22-35-43(33-12-6-4-10-31(28)33)29(24-45)26-49(35)39(52)15-9-16-40(53)50-27-30(25-46)44-34-13-7-5-11-32(34)37(23-36(44)50)59-60(56,57)58/h4-7,10-13,17-19,22-23,29-30H,2-3,8-9,14-16,20-21,24-27H2,1H3,(H2,56,57,58)/t29-,30-/m1/s1. The van der Waals surface area contributed by atoms with Crippen molar-refractivity contribution in [2.24, 2.45) is 0 Å². The average Bonchev–Trinajstić information content (AvgIpc) is 3.91. The summed E-state index contributed by atoms with van der Waals surface area (Å²) in [5, 5.41) is 3.15. The summed E-state index contributed by atoms with van der Waals surface area (Å²) < 4.78 is 16.9. The molecular formula is C44H46Cl2N4O9P. The lowest BCUT2D eigenvalue weighted by atomic mass is 9.92. The number of alkyl halides is 2. The first-order valence-corrected chi connectivity index (χ1v) is 22.6. The van der Waals surface area contributed by atoms with Crippen molar-refractivity contribution in [3.05, 3.63) is 95.9 Å². The van der Waals surface area contributed by atoms with E-state index in [0.29, 0.717) is 67.7 Å². The summed E-state index contributed by atoms with van der Waals surface area (Å²) in [6, 6.07) is 18.5. The van der Waals surface area contributed by atoms with Crippen LogP contribution in [0.3, 0.4) is 0 Å². The van der Waals surface area contributed by atoms with Crippen LogP contribution in [0.25, 0.3) is 21.5 Å². The van der Waals surface area contributed by atoms with E-state index in [2.05, 4.69) is 0 Å². The fourth-order valence-corrected chi connectivity index (χ4v) is 9.46. The number of carbonyl (C=O) groups excluding carboxylic acids is 5. The van der Waals surface area contributed by atoms with Crippen LogP contribution in [0.2, 0.25) is 0 Å². The van der Waals surface area contributed by atoms with Crippen LogP contribution in [-0.2, 0) is 28.5 Å². The quantitative estimate of drug-likeness (QED) is 0.0485. The van der Waals surface area contributed by atoms with Gasteiger partial charge in [0.05, 0.1) is 5.69 Å². The number of phosphoric acid groups is 1. The number of nitrogens with zero attached hydrogens (tertiary/aromatic N) is 4. The molecule has 4 aromatic rings. The van der Waals surface area contributed by atoms with Crippen molar-refractivity contribution in [1.29, 1.82) is 0 Å². The van der Waals surface area contributed by atoms with Gasteiger partial charge in [0.15, 0.2) is 0 Å². The Labute approximate surface area is 358 Å². The molecule has 16 heteroatoms. The molecule has 13 nitrogen and oxygen atoms in total. The van der Waals surface area contributed by atoms with Crippen LogP contribution >= 0.6 is 31.0 Å². The van der Waals surface area contributed by atoms with E-state index in [0.717, 1.165) is 33.2 Å². The number of amides is 5. The summed E-state index contributed by atoms with van der Waals surface area (Å²) in [6.07, 6.45) is 7.20. The monoisotopic (exact) mass is 875 g/mol.